The Morgan fingerprint density at radius 3 is 2.54 bits per heavy atom. The summed E-state index contributed by atoms with van der Waals surface area (Å²) in [6.07, 6.45) is 5.72. The van der Waals surface area contributed by atoms with E-state index in [0.717, 1.165) is 42.4 Å². The minimum Gasteiger partial charge on any atom is -0.478 e. The van der Waals surface area contributed by atoms with Crippen LogP contribution in [0.2, 0.25) is 0 Å². The van der Waals surface area contributed by atoms with Crippen molar-refractivity contribution in [2.45, 2.75) is 32.2 Å². The highest BCUT2D eigenvalue weighted by Gasteiger charge is 2.25. The van der Waals surface area contributed by atoms with E-state index in [1.165, 1.54) is 4.88 Å². The molecule has 0 unspecified atom stereocenters. The summed E-state index contributed by atoms with van der Waals surface area (Å²) in [6, 6.07) is 20.0. The van der Waals surface area contributed by atoms with Crippen molar-refractivity contribution in [2.24, 2.45) is 4.99 Å². The average molecular weight is 485 g/mol. The van der Waals surface area contributed by atoms with Gasteiger partial charge in [-0.15, -0.1) is 11.3 Å². The second-order valence-corrected chi connectivity index (χ2v) is 9.49. The van der Waals surface area contributed by atoms with Crippen molar-refractivity contribution >= 4 is 34.4 Å². The normalized spacial score (nSPS) is 13.0. The number of thiophene rings is 1. The van der Waals surface area contributed by atoms with Crippen LogP contribution in [0.4, 0.5) is 5.00 Å². The first-order chi connectivity index (χ1) is 17.1. The number of hydrogen-bond donors (Lipinski definition) is 2. The van der Waals surface area contributed by atoms with Gasteiger partial charge in [0.2, 0.25) is 0 Å². The number of nitrogens with one attached hydrogen (secondary N) is 1. The number of nitrogens with zero attached hydrogens (tertiary/aromatic N) is 1. The largest absolute Gasteiger partial charge is 0.478 e. The zero-order valence-electron chi connectivity index (χ0n) is 19.0. The molecule has 2 aromatic carbocycles. The van der Waals surface area contributed by atoms with Crippen LogP contribution in [0.3, 0.4) is 0 Å². The monoisotopic (exact) mass is 484 g/mol. The molecular formula is C28H24N2O4S. The van der Waals surface area contributed by atoms with Gasteiger partial charge in [0.15, 0.2) is 0 Å². The molecule has 176 valence electrons. The lowest BCUT2D eigenvalue weighted by Gasteiger charge is -2.12. The van der Waals surface area contributed by atoms with E-state index in [2.05, 4.69) is 10.3 Å². The minimum absolute atomic E-state index is 0.0981. The molecule has 7 heteroatoms. The maximum Gasteiger partial charge on any atom is 0.335 e. The lowest BCUT2D eigenvalue weighted by Crippen LogP contribution is -2.24. The summed E-state index contributed by atoms with van der Waals surface area (Å²) in [5, 5.41) is 12.8. The number of carbonyl (C=O) groups is 2. The average Bonchev–Trinajstić information content (AvgIpc) is 3.51. The fourth-order valence-electron chi connectivity index (χ4n) is 4.22. The summed E-state index contributed by atoms with van der Waals surface area (Å²) >= 11 is 1.58. The number of carbonyl (C=O) groups excluding carboxylic acids is 1. The molecule has 0 saturated carbocycles. The molecule has 0 atom stereocenters. The Kier molecular flexibility index (Phi) is 6.59. The Labute approximate surface area is 207 Å². The number of aliphatic imine (C=N–C) groups is 1. The molecule has 0 saturated heterocycles. The molecule has 0 radical (unpaired) electrons. The van der Waals surface area contributed by atoms with Gasteiger partial charge < -0.3 is 14.8 Å². The highest BCUT2D eigenvalue weighted by molar-refractivity contribution is 7.16. The van der Waals surface area contributed by atoms with Crippen molar-refractivity contribution in [3.8, 4) is 11.3 Å². The molecule has 0 fully saturated rings. The van der Waals surface area contributed by atoms with Gasteiger partial charge in [-0.25, -0.2) is 9.79 Å². The molecule has 2 N–H and O–H groups in total. The number of fused-ring (bicyclic) bond motifs is 1. The van der Waals surface area contributed by atoms with Crippen LogP contribution in [-0.2, 0) is 19.4 Å². The van der Waals surface area contributed by atoms with E-state index < -0.39 is 5.97 Å². The lowest BCUT2D eigenvalue weighted by molar-refractivity contribution is 0.0696. The van der Waals surface area contributed by atoms with Crippen molar-refractivity contribution in [1.29, 1.82) is 0 Å². The molecule has 0 bridgehead atoms. The van der Waals surface area contributed by atoms with Crippen molar-refractivity contribution in [3.05, 3.63) is 99.6 Å². The zero-order chi connectivity index (χ0) is 24.2. The van der Waals surface area contributed by atoms with E-state index >= 15 is 0 Å². The van der Waals surface area contributed by atoms with Gasteiger partial charge in [-0.2, -0.15) is 0 Å². The molecular weight excluding hydrogens is 460 g/mol. The first-order valence-corrected chi connectivity index (χ1v) is 12.3. The van der Waals surface area contributed by atoms with E-state index in [1.807, 2.05) is 42.5 Å². The molecule has 1 amide bonds. The van der Waals surface area contributed by atoms with Gasteiger partial charge >= 0.3 is 5.97 Å². The van der Waals surface area contributed by atoms with Gasteiger partial charge in [0.25, 0.3) is 5.91 Å². The predicted octanol–water partition coefficient (Wildman–Crippen LogP) is 6.27. The Morgan fingerprint density at radius 2 is 1.77 bits per heavy atom. The van der Waals surface area contributed by atoms with Crippen LogP contribution in [-0.4, -0.2) is 23.2 Å². The number of rotatable bonds is 7. The third kappa shape index (κ3) is 5.10. The third-order valence-electron chi connectivity index (χ3n) is 6.03. The Balaban J connectivity index is 1.37. The molecule has 2 aromatic heterocycles. The fourth-order valence-corrected chi connectivity index (χ4v) is 5.45. The third-order valence-corrected chi connectivity index (χ3v) is 7.23. The van der Waals surface area contributed by atoms with E-state index in [1.54, 1.807) is 41.8 Å². The minimum atomic E-state index is -0.967. The fraction of sp³-hybridized carbons (Fsp3) is 0.179. The molecule has 6 nitrogen and oxygen atoms in total. The number of furan rings is 1. The van der Waals surface area contributed by atoms with Crippen LogP contribution in [0.1, 0.15) is 55.3 Å². The molecule has 5 rings (SSSR count). The number of carboxylic acid groups (broad SMARTS) is 1. The maximum absolute atomic E-state index is 13.2. The van der Waals surface area contributed by atoms with Crippen molar-refractivity contribution in [2.75, 3.05) is 0 Å². The summed E-state index contributed by atoms with van der Waals surface area (Å²) in [5.41, 5.74) is 3.85. The second kappa shape index (κ2) is 10.1. The van der Waals surface area contributed by atoms with Gasteiger partial charge in [-0.05, 0) is 61.1 Å². The Hall–Kier alpha value is -3.97. The van der Waals surface area contributed by atoms with Crippen LogP contribution >= 0.6 is 11.3 Å². The quantitative estimate of drug-likeness (QED) is 0.303. The van der Waals surface area contributed by atoms with Crippen LogP contribution in [0.5, 0.6) is 0 Å². The van der Waals surface area contributed by atoms with Gasteiger partial charge in [0.1, 0.15) is 16.5 Å². The Morgan fingerprint density at radius 1 is 1.00 bits per heavy atom. The van der Waals surface area contributed by atoms with Crippen molar-refractivity contribution in [1.82, 2.24) is 5.32 Å². The van der Waals surface area contributed by atoms with Crippen LogP contribution in [0.15, 0.2) is 76.1 Å². The number of benzene rings is 2. The number of hydrogen-bond acceptors (Lipinski definition) is 5. The predicted molar refractivity (Wildman–Crippen MR) is 137 cm³/mol. The van der Waals surface area contributed by atoms with Crippen LogP contribution in [0.25, 0.3) is 11.3 Å². The number of aryl methyl sites for hydroxylation is 1. The molecule has 1 aliphatic rings. The molecule has 2 heterocycles. The SMILES string of the molecule is O=C(O)c1ccc(-c2ccc(/C=N/c3sc4c(c3C(=O)NCc3ccccc3)CCCC4)o2)cc1. The summed E-state index contributed by atoms with van der Waals surface area (Å²) in [7, 11) is 0. The molecule has 1 aliphatic carbocycles. The standard InChI is InChI=1S/C28H24N2O4S/c31-26(29-16-18-6-2-1-3-7-18)25-22-8-4-5-9-24(22)35-27(25)30-17-21-14-15-23(34-21)19-10-12-20(13-11-19)28(32)33/h1-3,6-7,10-15,17H,4-5,8-9,16H2,(H,29,31)(H,32,33)/b30-17+. The summed E-state index contributed by atoms with van der Waals surface area (Å²) in [5.74, 6) is 0.115. The van der Waals surface area contributed by atoms with E-state index in [0.29, 0.717) is 28.6 Å². The number of aromatic carboxylic acids is 1. The van der Waals surface area contributed by atoms with Gasteiger partial charge in [-0.3, -0.25) is 4.79 Å². The van der Waals surface area contributed by atoms with Gasteiger partial charge in [0, 0.05) is 17.0 Å². The maximum atomic E-state index is 13.2. The number of carboxylic acids is 1. The van der Waals surface area contributed by atoms with Crippen molar-refractivity contribution < 1.29 is 19.1 Å². The zero-order valence-corrected chi connectivity index (χ0v) is 19.8. The van der Waals surface area contributed by atoms with E-state index in [9.17, 15) is 9.59 Å². The van der Waals surface area contributed by atoms with Gasteiger partial charge in [-0.1, -0.05) is 42.5 Å². The summed E-state index contributed by atoms with van der Waals surface area (Å²) < 4.78 is 5.91. The topological polar surface area (TPSA) is 91.9 Å². The van der Waals surface area contributed by atoms with Crippen LogP contribution < -0.4 is 5.32 Å². The van der Waals surface area contributed by atoms with Crippen LogP contribution in [0, 0.1) is 0 Å². The van der Waals surface area contributed by atoms with Gasteiger partial charge in [0.05, 0.1) is 17.3 Å². The smallest absolute Gasteiger partial charge is 0.335 e. The number of amides is 1. The lowest BCUT2D eigenvalue weighted by atomic mass is 9.95. The summed E-state index contributed by atoms with van der Waals surface area (Å²) in [6.45, 7) is 0.468. The molecule has 4 aromatic rings. The molecule has 0 aliphatic heterocycles. The Bertz CT molecular complexity index is 1380. The summed E-state index contributed by atoms with van der Waals surface area (Å²) in [4.78, 5) is 30.2. The van der Waals surface area contributed by atoms with Crippen molar-refractivity contribution in [3.63, 3.8) is 0 Å². The molecule has 0 spiro atoms. The van der Waals surface area contributed by atoms with E-state index in [-0.39, 0.29) is 11.5 Å². The van der Waals surface area contributed by atoms with E-state index in [4.69, 9.17) is 9.52 Å². The highest BCUT2D eigenvalue weighted by atomic mass is 32.1. The first kappa shape index (κ1) is 22.8. The molecule has 35 heavy (non-hydrogen) atoms. The first-order valence-electron chi connectivity index (χ1n) is 11.5. The highest BCUT2D eigenvalue weighted by Crippen LogP contribution is 2.40. The second-order valence-electron chi connectivity index (χ2n) is 8.40.